The molecule has 0 bridgehead atoms. The summed E-state index contributed by atoms with van der Waals surface area (Å²) in [6, 6.07) is 10.1. The predicted molar refractivity (Wildman–Crippen MR) is 77.2 cm³/mol. The Kier molecular flexibility index (Phi) is 2.99. The van der Waals surface area contributed by atoms with Gasteiger partial charge in [-0.15, -0.1) is 0 Å². The van der Waals surface area contributed by atoms with Crippen molar-refractivity contribution in [1.82, 2.24) is 0 Å². The van der Waals surface area contributed by atoms with Crippen molar-refractivity contribution in [3.63, 3.8) is 0 Å². The van der Waals surface area contributed by atoms with Crippen LogP contribution in [0.25, 0.3) is 6.08 Å². The number of fused-ring (bicyclic) bond motifs is 1. The molecule has 0 spiro atoms. The number of phenolic OH excluding ortho intramolecular Hbond substituents is 1. The highest BCUT2D eigenvalue weighted by Crippen LogP contribution is 2.37. The molecule has 1 aliphatic heterocycles. The Morgan fingerprint density at radius 1 is 1.20 bits per heavy atom. The summed E-state index contributed by atoms with van der Waals surface area (Å²) in [6.07, 6.45) is 1.66. The maximum atomic E-state index is 12.3. The predicted octanol–water partition coefficient (Wildman–Crippen LogP) is 3.97. The van der Waals surface area contributed by atoms with Gasteiger partial charge in [-0.1, -0.05) is 23.7 Å². The van der Waals surface area contributed by atoms with Gasteiger partial charge in [-0.05, 0) is 42.3 Å². The minimum Gasteiger partial charge on any atom is -0.508 e. The molecule has 20 heavy (non-hydrogen) atoms. The van der Waals surface area contributed by atoms with Gasteiger partial charge in [-0.25, -0.2) is 0 Å². The van der Waals surface area contributed by atoms with Gasteiger partial charge >= 0.3 is 0 Å². The minimum absolute atomic E-state index is 0.0850. The molecule has 1 N–H and O–H groups in total. The van der Waals surface area contributed by atoms with Crippen molar-refractivity contribution >= 4 is 23.5 Å². The zero-order chi connectivity index (χ0) is 14.3. The molecule has 0 saturated heterocycles. The summed E-state index contributed by atoms with van der Waals surface area (Å²) < 4.78 is 5.53. The van der Waals surface area contributed by atoms with Crippen LogP contribution in [0.2, 0.25) is 5.02 Å². The third kappa shape index (κ3) is 2.17. The van der Waals surface area contributed by atoms with Crippen LogP contribution >= 0.6 is 11.6 Å². The molecule has 1 heterocycles. The first kappa shape index (κ1) is 12.8. The summed E-state index contributed by atoms with van der Waals surface area (Å²) >= 11 is 5.82. The van der Waals surface area contributed by atoms with Crippen molar-refractivity contribution in [2.75, 3.05) is 0 Å². The van der Waals surface area contributed by atoms with Crippen LogP contribution in [0.5, 0.6) is 11.5 Å². The van der Waals surface area contributed by atoms with Crippen LogP contribution in [0.4, 0.5) is 0 Å². The molecule has 3 rings (SSSR count). The van der Waals surface area contributed by atoms with E-state index < -0.39 is 0 Å². The van der Waals surface area contributed by atoms with Crippen molar-refractivity contribution in [1.29, 1.82) is 0 Å². The fourth-order valence-corrected chi connectivity index (χ4v) is 2.33. The average molecular weight is 287 g/mol. The number of allylic oxidation sites excluding steroid dienone is 1. The molecule has 0 radical (unpaired) electrons. The number of carbonyl (C=O) groups is 1. The number of carbonyl (C=O) groups excluding carboxylic acids is 1. The normalized spacial score (nSPS) is 15.3. The number of benzene rings is 2. The molecule has 2 aromatic carbocycles. The number of Topliss-reactive ketones (excluding diaryl/α,β-unsaturated/α-hetero) is 1. The number of phenols is 1. The Hall–Kier alpha value is -2.26. The molecule has 0 unspecified atom stereocenters. The summed E-state index contributed by atoms with van der Waals surface area (Å²) in [4.78, 5) is 12.3. The van der Waals surface area contributed by atoms with Gasteiger partial charge in [0.15, 0.2) is 5.76 Å². The Morgan fingerprint density at radius 3 is 2.60 bits per heavy atom. The molecule has 1 aliphatic rings. The molecular formula is C16H11ClO3. The summed E-state index contributed by atoms with van der Waals surface area (Å²) in [5.41, 5.74) is 2.03. The van der Waals surface area contributed by atoms with Crippen LogP contribution < -0.4 is 4.74 Å². The van der Waals surface area contributed by atoms with Gasteiger partial charge in [0.1, 0.15) is 11.5 Å². The highest BCUT2D eigenvalue weighted by molar-refractivity contribution is 6.30. The number of rotatable bonds is 1. The Balaban J connectivity index is 2.01. The monoisotopic (exact) mass is 286 g/mol. The Labute approximate surface area is 121 Å². The van der Waals surface area contributed by atoms with Crippen LogP contribution in [0.1, 0.15) is 21.5 Å². The third-order valence-corrected chi connectivity index (χ3v) is 3.37. The third-order valence-electron chi connectivity index (χ3n) is 3.12. The molecule has 0 amide bonds. The lowest BCUT2D eigenvalue weighted by molar-refractivity contribution is 0.101. The second kappa shape index (κ2) is 4.69. The summed E-state index contributed by atoms with van der Waals surface area (Å²) in [7, 11) is 0. The number of aryl methyl sites for hydroxylation is 1. The highest BCUT2D eigenvalue weighted by Gasteiger charge is 2.29. The molecule has 100 valence electrons. The number of aromatic hydroxyl groups is 1. The van der Waals surface area contributed by atoms with E-state index in [-0.39, 0.29) is 17.3 Å². The lowest BCUT2D eigenvalue weighted by Gasteiger charge is -2.01. The van der Waals surface area contributed by atoms with Gasteiger partial charge in [-0.3, -0.25) is 4.79 Å². The van der Waals surface area contributed by atoms with Crippen molar-refractivity contribution in [2.45, 2.75) is 6.92 Å². The maximum absolute atomic E-state index is 12.3. The molecule has 0 fully saturated rings. The topological polar surface area (TPSA) is 46.5 Å². The lowest BCUT2D eigenvalue weighted by atomic mass is 10.0. The van der Waals surface area contributed by atoms with Crippen LogP contribution in [-0.2, 0) is 0 Å². The zero-order valence-electron chi connectivity index (χ0n) is 10.7. The SMILES string of the molecule is Cc1cc(O)cc2c1C(=O)/C(=C/c1ccc(Cl)cc1)O2. The van der Waals surface area contributed by atoms with Crippen LogP contribution in [0.15, 0.2) is 42.2 Å². The van der Waals surface area contributed by atoms with E-state index in [1.54, 1.807) is 43.3 Å². The summed E-state index contributed by atoms with van der Waals surface area (Å²) in [5.74, 6) is 0.554. The Morgan fingerprint density at radius 2 is 1.90 bits per heavy atom. The molecule has 2 aromatic rings. The average Bonchev–Trinajstić information content (AvgIpc) is 2.69. The first-order valence-electron chi connectivity index (χ1n) is 6.08. The van der Waals surface area contributed by atoms with E-state index in [9.17, 15) is 9.90 Å². The maximum Gasteiger partial charge on any atom is 0.232 e. The molecular weight excluding hydrogens is 276 g/mol. The van der Waals surface area contributed by atoms with Gasteiger partial charge in [0, 0.05) is 11.1 Å². The van der Waals surface area contributed by atoms with Gasteiger partial charge in [0.05, 0.1) is 5.56 Å². The van der Waals surface area contributed by atoms with Crippen LogP contribution in [0, 0.1) is 6.92 Å². The minimum atomic E-state index is -0.174. The first-order chi connectivity index (χ1) is 9.54. The van der Waals surface area contributed by atoms with E-state index in [2.05, 4.69) is 0 Å². The zero-order valence-corrected chi connectivity index (χ0v) is 11.4. The lowest BCUT2D eigenvalue weighted by Crippen LogP contribution is -1.99. The van der Waals surface area contributed by atoms with E-state index in [1.807, 2.05) is 0 Å². The van der Waals surface area contributed by atoms with E-state index in [0.717, 1.165) is 5.56 Å². The fraction of sp³-hybridized carbons (Fsp3) is 0.0625. The van der Waals surface area contributed by atoms with E-state index >= 15 is 0 Å². The highest BCUT2D eigenvalue weighted by atomic mass is 35.5. The van der Waals surface area contributed by atoms with Crippen LogP contribution in [0.3, 0.4) is 0 Å². The standard InChI is InChI=1S/C16H11ClO3/c1-9-6-12(18)8-13-15(9)16(19)14(20-13)7-10-2-4-11(17)5-3-10/h2-8,18H,1H3/b14-7-. The van der Waals surface area contributed by atoms with Gasteiger partial charge < -0.3 is 9.84 Å². The van der Waals surface area contributed by atoms with E-state index in [1.165, 1.54) is 6.07 Å². The second-order valence-electron chi connectivity index (χ2n) is 4.63. The number of hydrogen-bond acceptors (Lipinski definition) is 3. The molecule has 0 aromatic heterocycles. The summed E-state index contributed by atoms with van der Waals surface area (Å²) in [6.45, 7) is 1.77. The Bertz CT molecular complexity index is 730. The fourth-order valence-electron chi connectivity index (χ4n) is 2.20. The molecule has 0 saturated carbocycles. The largest absolute Gasteiger partial charge is 0.508 e. The van der Waals surface area contributed by atoms with Crippen molar-refractivity contribution < 1.29 is 14.6 Å². The number of ketones is 1. The molecule has 0 aliphatic carbocycles. The van der Waals surface area contributed by atoms with Crippen molar-refractivity contribution in [2.24, 2.45) is 0 Å². The number of hydrogen-bond donors (Lipinski definition) is 1. The van der Waals surface area contributed by atoms with Gasteiger partial charge in [0.25, 0.3) is 0 Å². The van der Waals surface area contributed by atoms with Crippen molar-refractivity contribution in [3.05, 3.63) is 63.9 Å². The summed E-state index contributed by atoms with van der Waals surface area (Å²) in [5, 5.41) is 10.2. The van der Waals surface area contributed by atoms with E-state index in [4.69, 9.17) is 16.3 Å². The van der Waals surface area contributed by atoms with E-state index in [0.29, 0.717) is 21.9 Å². The number of ether oxygens (including phenoxy) is 1. The van der Waals surface area contributed by atoms with Gasteiger partial charge in [0.2, 0.25) is 5.78 Å². The smallest absolute Gasteiger partial charge is 0.232 e. The van der Waals surface area contributed by atoms with Crippen molar-refractivity contribution in [3.8, 4) is 11.5 Å². The van der Waals surface area contributed by atoms with Crippen LogP contribution in [-0.4, -0.2) is 10.9 Å². The first-order valence-corrected chi connectivity index (χ1v) is 6.46. The van der Waals surface area contributed by atoms with Gasteiger partial charge in [-0.2, -0.15) is 0 Å². The molecule has 0 atom stereocenters. The quantitative estimate of drug-likeness (QED) is 0.807. The second-order valence-corrected chi connectivity index (χ2v) is 5.06. The molecule has 4 heteroatoms. The molecule has 3 nitrogen and oxygen atoms in total. The number of halogens is 1.